The van der Waals surface area contributed by atoms with Gasteiger partial charge in [-0.05, 0) is 36.4 Å². The van der Waals surface area contributed by atoms with Crippen LogP contribution in [0.15, 0.2) is 67.3 Å². The Morgan fingerprint density at radius 2 is 1.81 bits per heavy atom. The van der Waals surface area contributed by atoms with Crippen LogP contribution >= 0.6 is 0 Å². The van der Waals surface area contributed by atoms with Crippen molar-refractivity contribution in [1.29, 1.82) is 0 Å². The van der Waals surface area contributed by atoms with Crippen LogP contribution in [0.2, 0.25) is 0 Å². The monoisotopic (exact) mass is 284 g/mol. The van der Waals surface area contributed by atoms with Gasteiger partial charge in [-0.3, -0.25) is 4.79 Å². The van der Waals surface area contributed by atoms with E-state index in [4.69, 9.17) is 0 Å². The highest BCUT2D eigenvalue weighted by atomic mass is 19.1. The van der Waals surface area contributed by atoms with Crippen LogP contribution < -0.4 is 10.2 Å². The van der Waals surface area contributed by atoms with Gasteiger partial charge in [0.1, 0.15) is 5.82 Å². The lowest BCUT2D eigenvalue weighted by Crippen LogP contribution is -2.35. The summed E-state index contributed by atoms with van der Waals surface area (Å²) in [5.41, 5.74) is 1.53. The van der Waals surface area contributed by atoms with E-state index in [0.29, 0.717) is 12.2 Å². The zero-order valence-corrected chi connectivity index (χ0v) is 11.6. The van der Waals surface area contributed by atoms with Gasteiger partial charge < -0.3 is 10.2 Å². The topological polar surface area (TPSA) is 32.3 Å². The Labute approximate surface area is 123 Å². The predicted octanol–water partition coefficient (Wildman–Crippen LogP) is 3.46. The number of carbonyl (C=O) groups excluding carboxylic acids is 1. The van der Waals surface area contributed by atoms with Crippen molar-refractivity contribution in [3.63, 3.8) is 0 Å². The van der Waals surface area contributed by atoms with Gasteiger partial charge >= 0.3 is 0 Å². The summed E-state index contributed by atoms with van der Waals surface area (Å²) in [6.07, 6.45) is 1.68. The number of amides is 1. The third kappa shape index (κ3) is 4.18. The molecule has 21 heavy (non-hydrogen) atoms. The fourth-order valence-electron chi connectivity index (χ4n) is 1.93. The molecule has 1 amide bonds. The van der Waals surface area contributed by atoms with Crippen molar-refractivity contribution in [2.75, 3.05) is 23.3 Å². The number of rotatable bonds is 6. The lowest BCUT2D eigenvalue weighted by Gasteiger charge is -2.21. The number of anilines is 2. The number of para-hydroxylation sites is 1. The van der Waals surface area contributed by atoms with Gasteiger partial charge in [-0.2, -0.15) is 0 Å². The Hall–Kier alpha value is -2.62. The molecule has 0 aliphatic heterocycles. The van der Waals surface area contributed by atoms with Gasteiger partial charge in [0.05, 0.1) is 6.54 Å². The summed E-state index contributed by atoms with van der Waals surface area (Å²) in [5, 5.41) is 2.99. The van der Waals surface area contributed by atoms with E-state index in [1.807, 2.05) is 30.3 Å². The fraction of sp³-hybridized carbons (Fsp3) is 0.118. The van der Waals surface area contributed by atoms with E-state index in [1.54, 1.807) is 23.1 Å². The summed E-state index contributed by atoms with van der Waals surface area (Å²) in [7, 11) is 0. The Morgan fingerprint density at radius 1 is 1.14 bits per heavy atom. The van der Waals surface area contributed by atoms with Crippen LogP contribution in [0.3, 0.4) is 0 Å². The van der Waals surface area contributed by atoms with Crippen molar-refractivity contribution in [1.82, 2.24) is 0 Å². The molecule has 0 aliphatic rings. The molecule has 0 heterocycles. The van der Waals surface area contributed by atoms with E-state index in [2.05, 4.69) is 11.9 Å². The van der Waals surface area contributed by atoms with Crippen LogP contribution in [-0.4, -0.2) is 19.0 Å². The van der Waals surface area contributed by atoms with E-state index in [1.165, 1.54) is 12.1 Å². The fourth-order valence-corrected chi connectivity index (χ4v) is 1.93. The molecule has 2 aromatic carbocycles. The zero-order valence-electron chi connectivity index (χ0n) is 11.6. The predicted molar refractivity (Wildman–Crippen MR) is 83.9 cm³/mol. The highest BCUT2D eigenvalue weighted by Crippen LogP contribution is 2.14. The highest BCUT2D eigenvalue weighted by Gasteiger charge is 2.13. The Morgan fingerprint density at radius 3 is 2.43 bits per heavy atom. The van der Waals surface area contributed by atoms with Gasteiger partial charge in [-0.1, -0.05) is 24.3 Å². The van der Waals surface area contributed by atoms with Crippen molar-refractivity contribution in [3.8, 4) is 0 Å². The van der Waals surface area contributed by atoms with Gasteiger partial charge in [0.15, 0.2) is 0 Å². The third-order valence-electron chi connectivity index (χ3n) is 2.97. The maximum Gasteiger partial charge on any atom is 0.246 e. The first-order chi connectivity index (χ1) is 10.2. The molecule has 2 rings (SSSR count). The second kappa shape index (κ2) is 7.24. The lowest BCUT2D eigenvalue weighted by molar-refractivity contribution is -0.116. The molecular formula is C17H17FN2O. The average molecular weight is 284 g/mol. The number of carbonyl (C=O) groups is 1. The molecule has 0 radical (unpaired) electrons. The molecule has 0 fully saturated rings. The third-order valence-corrected chi connectivity index (χ3v) is 2.97. The summed E-state index contributed by atoms with van der Waals surface area (Å²) >= 11 is 0. The molecule has 0 spiro atoms. The normalized spacial score (nSPS) is 9.95. The SMILES string of the molecule is C=CCN(C(=O)CNc1ccc(F)cc1)c1ccccc1. The minimum absolute atomic E-state index is 0.0783. The van der Waals surface area contributed by atoms with Gasteiger partial charge in [0.2, 0.25) is 5.91 Å². The van der Waals surface area contributed by atoms with Crippen LogP contribution in [0.1, 0.15) is 0 Å². The van der Waals surface area contributed by atoms with E-state index < -0.39 is 0 Å². The van der Waals surface area contributed by atoms with E-state index in [-0.39, 0.29) is 18.3 Å². The molecule has 0 unspecified atom stereocenters. The first-order valence-corrected chi connectivity index (χ1v) is 6.66. The number of halogens is 1. The molecule has 108 valence electrons. The standard InChI is InChI=1S/C17H17FN2O/c1-2-12-20(16-6-4-3-5-7-16)17(21)13-19-15-10-8-14(18)9-11-15/h2-11,19H,1,12-13H2. The number of hydrogen-bond acceptors (Lipinski definition) is 2. The molecule has 1 N–H and O–H groups in total. The van der Waals surface area contributed by atoms with Gasteiger partial charge in [-0.25, -0.2) is 4.39 Å². The van der Waals surface area contributed by atoms with Crippen molar-refractivity contribution in [2.24, 2.45) is 0 Å². The van der Waals surface area contributed by atoms with Crippen molar-refractivity contribution in [2.45, 2.75) is 0 Å². The second-order valence-electron chi connectivity index (χ2n) is 4.49. The molecule has 2 aromatic rings. The molecule has 0 aliphatic carbocycles. The number of nitrogens with zero attached hydrogens (tertiary/aromatic N) is 1. The minimum atomic E-state index is -0.301. The van der Waals surface area contributed by atoms with Crippen LogP contribution in [0, 0.1) is 5.82 Å². The molecule has 3 nitrogen and oxygen atoms in total. The van der Waals surface area contributed by atoms with Crippen molar-refractivity contribution < 1.29 is 9.18 Å². The van der Waals surface area contributed by atoms with E-state index in [0.717, 1.165) is 5.69 Å². The first-order valence-electron chi connectivity index (χ1n) is 6.66. The van der Waals surface area contributed by atoms with Gasteiger partial charge in [0.25, 0.3) is 0 Å². The summed E-state index contributed by atoms with van der Waals surface area (Å²) in [6.45, 7) is 4.25. The van der Waals surface area contributed by atoms with Crippen LogP contribution in [0.5, 0.6) is 0 Å². The molecule has 0 saturated heterocycles. The molecular weight excluding hydrogens is 267 g/mol. The summed E-state index contributed by atoms with van der Waals surface area (Å²) in [5.74, 6) is -0.380. The Kier molecular flexibility index (Phi) is 5.10. The quantitative estimate of drug-likeness (QED) is 0.824. The Bertz CT molecular complexity index is 596. The maximum absolute atomic E-state index is 12.8. The van der Waals surface area contributed by atoms with Crippen LogP contribution in [0.25, 0.3) is 0 Å². The van der Waals surface area contributed by atoms with Gasteiger partial charge in [-0.15, -0.1) is 6.58 Å². The van der Waals surface area contributed by atoms with Gasteiger partial charge in [0, 0.05) is 17.9 Å². The Balaban J connectivity index is 2.02. The van der Waals surface area contributed by atoms with E-state index >= 15 is 0 Å². The van der Waals surface area contributed by atoms with E-state index in [9.17, 15) is 9.18 Å². The molecule has 0 aromatic heterocycles. The lowest BCUT2D eigenvalue weighted by atomic mass is 10.2. The number of benzene rings is 2. The van der Waals surface area contributed by atoms with Crippen LogP contribution in [-0.2, 0) is 4.79 Å². The highest BCUT2D eigenvalue weighted by molar-refractivity contribution is 5.96. The smallest absolute Gasteiger partial charge is 0.246 e. The van der Waals surface area contributed by atoms with Crippen molar-refractivity contribution >= 4 is 17.3 Å². The molecule has 4 heteroatoms. The molecule has 0 bridgehead atoms. The molecule has 0 atom stereocenters. The second-order valence-corrected chi connectivity index (χ2v) is 4.49. The van der Waals surface area contributed by atoms with Crippen LogP contribution in [0.4, 0.5) is 15.8 Å². The minimum Gasteiger partial charge on any atom is -0.376 e. The summed E-state index contributed by atoms with van der Waals surface area (Å²) in [6, 6.07) is 15.3. The average Bonchev–Trinajstić information content (AvgIpc) is 2.52. The summed E-state index contributed by atoms with van der Waals surface area (Å²) in [4.78, 5) is 14.0. The zero-order chi connectivity index (χ0) is 15.1. The largest absolute Gasteiger partial charge is 0.376 e. The number of hydrogen-bond donors (Lipinski definition) is 1. The first kappa shape index (κ1) is 14.8. The summed E-state index contributed by atoms with van der Waals surface area (Å²) < 4.78 is 12.8. The van der Waals surface area contributed by atoms with Crippen molar-refractivity contribution in [3.05, 3.63) is 73.1 Å². The number of nitrogens with one attached hydrogen (secondary N) is 1. The maximum atomic E-state index is 12.8. The molecule has 0 saturated carbocycles.